The number of nitrogens with one attached hydrogen (secondary N) is 2. The van der Waals surface area contributed by atoms with Crippen molar-refractivity contribution in [1.82, 2.24) is 10.2 Å². The molecule has 2 heterocycles. The van der Waals surface area contributed by atoms with Crippen LogP contribution in [0.4, 0.5) is 11.4 Å². The third kappa shape index (κ3) is 3.80. The predicted octanol–water partition coefficient (Wildman–Crippen LogP) is 1.59. The second-order valence-electron chi connectivity index (χ2n) is 5.71. The summed E-state index contributed by atoms with van der Waals surface area (Å²) in [4.78, 5) is 26.6. The largest absolute Gasteiger partial charge is 0.465 e. The van der Waals surface area contributed by atoms with E-state index >= 15 is 0 Å². The number of aryl methyl sites for hydroxylation is 1. The number of hydrogen-bond acceptors (Lipinski definition) is 6. The second kappa shape index (κ2) is 7.35. The third-order valence-electron chi connectivity index (χ3n) is 3.97. The highest BCUT2D eigenvalue weighted by atomic mass is 16.5. The summed E-state index contributed by atoms with van der Waals surface area (Å²) in [7, 11) is 1.31. The van der Waals surface area contributed by atoms with E-state index in [0.29, 0.717) is 24.5 Å². The lowest BCUT2D eigenvalue weighted by molar-refractivity contribution is 0.0602. The molecule has 0 saturated carbocycles. The highest BCUT2D eigenvalue weighted by Gasteiger charge is 2.19. The van der Waals surface area contributed by atoms with Crippen LogP contribution >= 0.6 is 0 Å². The minimum Gasteiger partial charge on any atom is -0.465 e. The number of aromatic nitrogens is 2. The maximum Gasteiger partial charge on any atom is 0.340 e. The number of carbonyl (C=O) groups excluding carboxylic acids is 2. The monoisotopic (exact) mass is 344 g/mol. The van der Waals surface area contributed by atoms with Gasteiger partial charge in [-0.2, -0.15) is 5.10 Å². The van der Waals surface area contributed by atoms with E-state index < -0.39 is 11.9 Å². The number of anilines is 2. The second-order valence-corrected chi connectivity index (χ2v) is 5.71. The van der Waals surface area contributed by atoms with Crippen molar-refractivity contribution in [2.75, 3.05) is 43.6 Å². The van der Waals surface area contributed by atoms with Gasteiger partial charge in [-0.25, -0.2) is 4.79 Å². The van der Waals surface area contributed by atoms with E-state index in [9.17, 15) is 9.59 Å². The van der Waals surface area contributed by atoms with Crippen molar-refractivity contribution in [2.45, 2.75) is 6.92 Å². The van der Waals surface area contributed by atoms with Gasteiger partial charge in [-0.05, 0) is 31.2 Å². The Kier molecular flexibility index (Phi) is 4.99. The van der Waals surface area contributed by atoms with Gasteiger partial charge in [0.05, 0.1) is 31.6 Å². The van der Waals surface area contributed by atoms with Gasteiger partial charge < -0.3 is 19.7 Å². The minimum atomic E-state index is -0.511. The van der Waals surface area contributed by atoms with Crippen LogP contribution in [0.3, 0.4) is 0 Å². The first-order valence-corrected chi connectivity index (χ1v) is 7.97. The molecule has 2 N–H and O–H groups in total. The molecule has 0 atom stereocenters. The first-order chi connectivity index (χ1) is 12.1. The van der Waals surface area contributed by atoms with Crippen LogP contribution in [-0.2, 0) is 9.47 Å². The fraction of sp³-hybridized carbons (Fsp3) is 0.353. The summed E-state index contributed by atoms with van der Waals surface area (Å²) in [6, 6.07) is 6.93. The molecule has 0 radical (unpaired) electrons. The molecule has 1 aliphatic heterocycles. The predicted molar refractivity (Wildman–Crippen MR) is 92.1 cm³/mol. The average Bonchev–Trinajstić information content (AvgIpc) is 3.08. The normalized spacial score (nSPS) is 14.2. The summed E-state index contributed by atoms with van der Waals surface area (Å²) < 4.78 is 10.2. The van der Waals surface area contributed by atoms with Crippen LogP contribution < -0.4 is 10.2 Å². The summed E-state index contributed by atoms with van der Waals surface area (Å²) in [5.41, 5.74) is 2.60. The van der Waals surface area contributed by atoms with Crippen molar-refractivity contribution in [3.8, 4) is 0 Å². The topological polar surface area (TPSA) is 96.5 Å². The van der Waals surface area contributed by atoms with Gasteiger partial charge in [-0.1, -0.05) is 0 Å². The molecule has 132 valence electrons. The Hall–Kier alpha value is -2.87. The first-order valence-electron chi connectivity index (χ1n) is 7.97. The molecular formula is C17H20N4O4. The van der Waals surface area contributed by atoms with E-state index in [-0.39, 0.29) is 5.69 Å². The molecule has 1 aromatic carbocycles. The van der Waals surface area contributed by atoms with E-state index in [2.05, 4.69) is 20.4 Å². The Morgan fingerprint density at radius 1 is 1.28 bits per heavy atom. The highest BCUT2D eigenvalue weighted by Crippen LogP contribution is 2.25. The maximum atomic E-state index is 12.3. The summed E-state index contributed by atoms with van der Waals surface area (Å²) >= 11 is 0. The van der Waals surface area contributed by atoms with Gasteiger partial charge in [0.25, 0.3) is 5.91 Å². The first kappa shape index (κ1) is 17.0. The molecule has 1 amide bonds. The minimum absolute atomic E-state index is 0.255. The van der Waals surface area contributed by atoms with Crippen LogP contribution in [0.2, 0.25) is 0 Å². The molecule has 8 nitrogen and oxygen atoms in total. The molecular weight excluding hydrogens is 324 g/mol. The van der Waals surface area contributed by atoms with Crippen molar-refractivity contribution < 1.29 is 19.1 Å². The Morgan fingerprint density at radius 3 is 2.68 bits per heavy atom. The Balaban J connectivity index is 1.87. The van der Waals surface area contributed by atoms with Gasteiger partial charge >= 0.3 is 5.97 Å². The van der Waals surface area contributed by atoms with Crippen LogP contribution in [0, 0.1) is 6.92 Å². The number of carbonyl (C=O) groups is 2. The van der Waals surface area contributed by atoms with E-state index in [0.717, 1.165) is 24.5 Å². The van der Waals surface area contributed by atoms with Gasteiger partial charge in [0, 0.05) is 24.5 Å². The molecule has 0 bridgehead atoms. The van der Waals surface area contributed by atoms with Crippen LogP contribution in [0.5, 0.6) is 0 Å². The molecule has 25 heavy (non-hydrogen) atoms. The molecule has 1 aromatic heterocycles. The molecule has 1 saturated heterocycles. The quantitative estimate of drug-likeness (QED) is 0.818. The number of benzene rings is 1. The van der Waals surface area contributed by atoms with Crippen molar-refractivity contribution in [2.24, 2.45) is 0 Å². The standard InChI is InChI=1S/C17H20N4O4/c1-11-9-15(20-19-11)16(22)18-14-4-3-12(10-13(14)17(23)24-2)21-5-7-25-8-6-21/h3-4,9-10H,5-8H2,1-2H3,(H,18,22)(H,19,20). The Bertz CT molecular complexity index is 781. The van der Waals surface area contributed by atoms with Crippen molar-refractivity contribution >= 4 is 23.3 Å². The molecule has 0 spiro atoms. The molecule has 0 aliphatic carbocycles. The van der Waals surface area contributed by atoms with Crippen LogP contribution in [0.15, 0.2) is 24.3 Å². The average molecular weight is 344 g/mol. The fourth-order valence-electron chi connectivity index (χ4n) is 2.66. The summed E-state index contributed by atoms with van der Waals surface area (Å²) in [6.07, 6.45) is 0. The van der Waals surface area contributed by atoms with Crippen molar-refractivity contribution in [3.63, 3.8) is 0 Å². The molecule has 2 aromatic rings. The number of aromatic amines is 1. The van der Waals surface area contributed by atoms with Crippen LogP contribution in [0.1, 0.15) is 26.5 Å². The van der Waals surface area contributed by atoms with E-state index in [1.54, 1.807) is 25.1 Å². The number of ether oxygens (including phenoxy) is 2. The molecule has 0 unspecified atom stereocenters. The lowest BCUT2D eigenvalue weighted by Crippen LogP contribution is -2.36. The number of esters is 1. The maximum absolute atomic E-state index is 12.3. The summed E-state index contributed by atoms with van der Waals surface area (Å²) in [5, 5.41) is 9.36. The van der Waals surface area contributed by atoms with E-state index in [1.165, 1.54) is 7.11 Å². The molecule has 3 rings (SSSR count). The molecule has 1 fully saturated rings. The van der Waals surface area contributed by atoms with Crippen molar-refractivity contribution in [3.05, 3.63) is 41.2 Å². The van der Waals surface area contributed by atoms with Crippen LogP contribution in [-0.4, -0.2) is 55.5 Å². The van der Waals surface area contributed by atoms with Gasteiger partial charge in [-0.15, -0.1) is 0 Å². The number of nitrogens with zero attached hydrogens (tertiary/aromatic N) is 2. The zero-order chi connectivity index (χ0) is 17.8. The Morgan fingerprint density at radius 2 is 2.04 bits per heavy atom. The van der Waals surface area contributed by atoms with Gasteiger partial charge in [0.2, 0.25) is 0 Å². The summed E-state index contributed by atoms with van der Waals surface area (Å²) in [5.74, 6) is -0.905. The van der Waals surface area contributed by atoms with E-state index in [4.69, 9.17) is 9.47 Å². The lowest BCUT2D eigenvalue weighted by Gasteiger charge is -2.29. The smallest absolute Gasteiger partial charge is 0.340 e. The zero-order valence-electron chi connectivity index (χ0n) is 14.2. The SMILES string of the molecule is COC(=O)c1cc(N2CCOCC2)ccc1NC(=O)c1cc(C)[nH]n1. The number of amides is 1. The third-order valence-corrected chi connectivity index (χ3v) is 3.97. The lowest BCUT2D eigenvalue weighted by atomic mass is 10.1. The Labute approximate surface area is 145 Å². The number of morpholine rings is 1. The highest BCUT2D eigenvalue weighted by molar-refractivity contribution is 6.07. The van der Waals surface area contributed by atoms with Gasteiger partial charge in [0.15, 0.2) is 5.69 Å². The summed E-state index contributed by atoms with van der Waals surface area (Å²) in [6.45, 7) is 4.59. The van der Waals surface area contributed by atoms with Crippen molar-refractivity contribution in [1.29, 1.82) is 0 Å². The van der Waals surface area contributed by atoms with Crippen LogP contribution in [0.25, 0.3) is 0 Å². The molecule has 8 heteroatoms. The molecule has 1 aliphatic rings. The van der Waals surface area contributed by atoms with Gasteiger partial charge in [0.1, 0.15) is 0 Å². The number of hydrogen-bond donors (Lipinski definition) is 2. The van der Waals surface area contributed by atoms with Gasteiger partial charge in [-0.3, -0.25) is 9.89 Å². The number of H-pyrrole nitrogens is 1. The fourth-order valence-corrected chi connectivity index (χ4v) is 2.66. The zero-order valence-corrected chi connectivity index (χ0v) is 14.2. The number of rotatable bonds is 4. The number of methoxy groups -OCH3 is 1. The van der Waals surface area contributed by atoms with E-state index in [1.807, 2.05) is 6.07 Å².